The molecule has 7 heavy (non-hydrogen) atoms. The summed E-state index contributed by atoms with van der Waals surface area (Å²) < 4.78 is 0. The smallest absolute Gasteiger partial charge is 0 e. The zero-order valence-electron chi connectivity index (χ0n) is 2.94. The molecular weight excluding hydrogens is 182 g/mol. The molecule has 0 saturated carbocycles. The van der Waals surface area contributed by atoms with Crippen LogP contribution in [-0.4, -0.2) is 0 Å². The summed E-state index contributed by atoms with van der Waals surface area (Å²) in [7, 11) is 0. The van der Waals surface area contributed by atoms with Gasteiger partial charge < -0.3 is 27.4 Å². The first-order valence-electron chi connectivity index (χ1n) is 0. The molecule has 50 valence electrons. The minimum Gasteiger partial charge on any atom is -2.00 e. The van der Waals surface area contributed by atoms with Crippen LogP contribution >= 0.6 is 0 Å². The van der Waals surface area contributed by atoms with Gasteiger partial charge in [-0.25, -0.2) is 0 Å². The van der Waals surface area contributed by atoms with Crippen LogP contribution in [0.5, 0.6) is 0 Å². The van der Waals surface area contributed by atoms with E-state index in [2.05, 4.69) is 0 Å². The second kappa shape index (κ2) is 265. The standard InChI is InChI=1S/5O.2V/q5*-2;;. The number of hydrogen-bond acceptors (Lipinski definition) is 0. The SMILES string of the molecule is [O-2].[O-2].[O-2].[O-2].[O-2].[V].[V]. The minimum atomic E-state index is 0. The first kappa shape index (κ1) is 412. The fourth-order valence-corrected chi connectivity index (χ4v) is 0. The van der Waals surface area contributed by atoms with E-state index in [9.17, 15) is 0 Å². The van der Waals surface area contributed by atoms with E-state index in [1.165, 1.54) is 0 Å². The van der Waals surface area contributed by atoms with E-state index in [0.29, 0.717) is 0 Å². The van der Waals surface area contributed by atoms with Crippen LogP contribution in [0.2, 0.25) is 0 Å². The first-order chi connectivity index (χ1) is 0. The van der Waals surface area contributed by atoms with Crippen LogP contribution in [0, 0.1) is 0 Å². The van der Waals surface area contributed by atoms with Crippen molar-refractivity contribution in [1.29, 1.82) is 0 Å². The van der Waals surface area contributed by atoms with Crippen molar-refractivity contribution in [3.63, 3.8) is 0 Å². The summed E-state index contributed by atoms with van der Waals surface area (Å²) in [6, 6.07) is 0. The van der Waals surface area contributed by atoms with Crippen molar-refractivity contribution in [3.8, 4) is 0 Å². The van der Waals surface area contributed by atoms with Crippen molar-refractivity contribution >= 4 is 0 Å². The Morgan fingerprint density at radius 1 is 0.286 bits per heavy atom. The van der Waals surface area contributed by atoms with Crippen molar-refractivity contribution in [1.82, 2.24) is 0 Å². The monoisotopic (exact) mass is 182 g/mol. The molecule has 0 unspecified atom stereocenters. The third-order valence-corrected chi connectivity index (χ3v) is 0. The van der Waals surface area contributed by atoms with Crippen LogP contribution in [0.4, 0.5) is 0 Å². The van der Waals surface area contributed by atoms with Gasteiger partial charge in [-0.15, -0.1) is 0 Å². The van der Waals surface area contributed by atoms with Crippen LogP contribution in [0.25, 0.3) is 0 Å². The van der Waals surface area contributed by atoms with E-state index in [1.807, 2.05) is 0 Å². The average molecular weight is 182 g/mol. The Hall–Kier alpha value is 0.969. The first-order valence-corrected chi connectivity index (χ1v) is 0. The summed E-state index contributed by atoms with van der Waals surface area (Å²) in [6.45, 7) is 0. The predicted molar refractivity (Wildman–Crippen MR) is 3.43 cm³/mol. The molecule has 0 N–H and O–H groups in total. The van der Waals surface area contributed by atoms with Gasteiger partial charge in [0.05, 0.1) is 0 Å². The van der Waals surface area contributed by atoms with Gasteiger partial charge in [0.2, 0.25) is 0 Å². The minimum absolute atomic E-state index is 0. The van der Waals surface area contributed by atoms with E-state index in [-0.39, 0.29) is 64.5 Å². The topological polar surface area (TPSA) is 142 Å². The van der Waals surface area contributed by atoms with Crippen molar-refractivity contribution in [2.45, 2.75) is 0 Å². The van der Waals surface area contributed by atoms with E-state index in [0.717, 1.165) is 0 Å². The van der Waals surface area contributed by atoms with Crippen LogP contribution in [0.1, 0.15) is 0 Å². The Morgan fingerprint density at radius 2 is 0.286 bits per heavy atom. The van der Waals surface area contributed by atoms with Gasteiger partial charge in [-0.1, -0.05) is 0 Å². The third kappa shape index (κ3) is 183. The zero-order chi connectivity index (χ0) is 0. The Bertz CT molecular complexity index is 6.04. The van der Waals surface area contributed by atoms with Crippen LogP contribution in [-0.2, 0) is 64.5 Å². The predicted octanol–water partition coefficient (Wildman–Crippen LogP) is -0.599. The van der Waals surface area contributed by atoms with Crippen molar-refractivity contribution < 1.29 is 64.5 Å². The average Bonchev–Trinajstić information content (AvgIpc) is 0. The van der Waals surface area contributed by atoms with E-state index < -0.39 is 0 Å². The van der Waals surface area contributed by atoms with Gasteiger partial charge in [0.15, 0.2) is 0 Å². The zero-order valence-corrected chi connectivity index (χ0v) is 5.73. The summed E-state index contributed by atoms with van der Waals surface area (Å²) in [5.74, 6) is 0. The van der Waals surface area contributed by atoms with Crippen LogP contribution in [0.15, 0.2) is 0 Å². The quantitative estimate of drug-likeness (QED) is 0.471. The molecule has 0 bridgehead atoms. The fourth-order valence-electron chi connectivity index (χ4n) is 0. The second-order valence-electron chi connectivity index (χ2n) is 0. The molecule has 0 amide bonds. The van der Waals surface area contributed by atoms with Gasteiger partial charge in [0.25, 0.3) is 0 Å². The number of hydrogen-bond donors (Lipinski definition) is 0. The summed E-state index contributed by atoms with van der Waals surface area (Å²) >= 11 is 0. The Balaban J connectivity index is 0. The van der Waals surface area contributed by atoms with Gasteiger partial charge in [0, 0.05) is 37.1 Å². The fraction of sp³-hybridized carbons (Fsp3) is 0. The summed E-state index contributed by atoms with van der Waals surface area (Å²) in [5.41, 5.74) is 0. The molecule has 2 radical (unpaired) electrons. The number of rotatable bonds is 0. The van der Waals surface area contributed by atoms with Crippen molar-refractivity contribution in [2.75, 3.05) is 0 Å². The van der Waals surface area contributed by atoms with E-state index in [1.54, 1.807) is 0 Å². The Kier molecular flexibility index (Phi) is 15600. The molecule has 0 saturated heterocycles. The summed E-state index contributed by atoms with van der Waals surface area (Å²) in [5, 5.41) is 0. The normalized spacial score (nSPS) is 0. The largest absolute Gasteiger partial charge is 2.00 e. The maximum atomic E-state index is 0. The molecule has 0 aromatic rings. The maximum absolute atomic E-state index is 0. The Labute approximate surface area is 64.8 Å². The van der Waals surface area contributed by atoms with Gasteiger partial charge >= 0.3 is 0 Å². The van der Waals surface area contributed by atoms with Crippen LogP contribution in [0.3, 0.4) is 0 Å². The molecule has 5 nitrogen and oxygen atoms in total. The van der Waals surface area contributed by atoms with E-state index >= 15 is 0 Å². The maximum Gasteiger partial charge on any atom is 0 e. The molecule has 0 rings (SSSR count). The molecule has 0 aromatic heterocycles. The molecule has 0 atom stereocenters. The molecular formula is O5V2-10. The van der Waals surface area contributed by atoms with Gasteiger partial charge in [-0.05, 0) is 0 Å². The molecule has 7 heteroatoms. The summed E-state index contributed by atoms with van der Waals surface area (Å²) in [6.07, 6.45) is 0. The van der Waals surface area contributed by atoms with Crippen molar-refractivity contribution in [3.05, 3.63) is 0 Å². The van der Waals surface area contributed by atoms with Gasteiger partial charge in [-0.3, -0.25) is 0 Å². The van der Waals surface area contributed by atoms with Crippen molar-refractivity contribution in [2.24, 2.45) is 0 Å². The molecule has 0 aliphatic rings. The molecule has 0 spiro atoms. The molecule has 0 heterocycles. The molecule has 0 aliphatic carbocycles. The molecule has 0 aromatic carbocycles. The molecule has 0 aliphatic heterocycles. The van der Waals surface area contributed by atoms with E-state index in [4.69, 9.17) is 0 Å². The third-order valence-electron chi connectivity index (χ3n) is 0. The van der Waals surface area contributed by atoms with Gasteiger partial charge in [0.1, 0.15) is 0 Å². The second-order valence-corrected chi connectivity index (χ2v) is 0. The van der Waals surface area contributed by atoms with Crippen LogP contribution < -0.4 is 0 Å². The van der Waals surface area contributed by atoms with Gasteiger partial charge in [-0.2, -0.15) is 0 Å². The Morgan fingerprint density at radius 3 is 0.286 bits per heavy atom. The molecule has 0 fully saturated rings. The summed E-state index contributed by atoms with van der Waals surface area (Å²) in [4.78, 5) is 0.